The molecule has 1 unspecified atom stereocenters. The van der Waals surface area contributed by atoms with E-state index in [1.807, 2.05) is 5.38 Å². The van der Waals surface area contributed by atoms with Crippen molar-refractivity contribution in [2.45, 2.75) is 6.10 Å². The van der Waals surface area contributed by atoms with E-state index in [0.717, 1.165) is 0 Å². The summed E-state index contributed by atoms with van der Waals surface area (Å²) in [5, 5.41) is 14.8. The van der Waals surface area contributed by atoms with Crippen LogP contribution >= 0.6 is 11.3 Å². The zero-order valence-electron chi connectivity index (χ0n) is 11.8. The predicted molar refractivity (Wildman–Crippen MR) is 81.2 cm³/mol. The number of hydrogen-bond donors (Lipinski definition) is 2. The molecule has 112 valence electrons. The van der Waals surface area contributed by atoms with Gasteiger partial charge in [0.25, 0.3) is 5.91 Å². The number of hydrogen-bond acceptors (Lipinski definition) is 5. The molecule has 0 bridgehead atoms. The van der Waals surface area contributed by atoms with Gasteiger partial charge in [0.05, 0.1) is 19.1 Å². The first kappa shape index (κ1) is 15.3. The van der Waals surface area contributed by atoms with E-state index in [1.165, 1.54) is 18.4 Å². The van der Waals surface area contributed by atoms with E-state index in [9.17, 15) is 9.90 Å². The Morgan fingerprint density at radius 1 is 1.33 bits per heavy atom. The largest absolute Gasteiger partial charge is 0.497 e. The Labute approximate surface area is 127 Å². The Morgan fingerprint density at radius 3 is 2.76 bits per heavy atom. The van der Waals surface area contributed by atoms with Crippen LogP contribution < -0.4 is 14.8 Å². The molecule has 0 saturated carbocycles. The summed E-state index contributed by atoms with van der Waals surface area (Å²) in [4.78, 5) is 12.5. The zero-order valence-corrected chi connectivity index (χ0v) is 12.6. The van der Waals surface area contributed by atoms with E-state index in [0.29, 0.717) is 21.9 Å². The van der Waals surface area contributed by atoms with E-state index >= 15 is 0 Å². The molecule has 2 aromatic rings. The highest BCUT2D eigenvalue weighted by atomic mass is 32.1. The number of carbonyl (C=O) groups is 1. The van der Waals surface area contributed by atoms with Gasteiger partial charge in [0.15, 0.2) is 0 Å². The second kappa shape index (κ2) is 7.10. The second-order valence-electron chi connectivity index (χ2n) is 4.31. The lowest BCUT2D eigenvalue weighted by Crippen LogP contribution is -2.27. The summed E-state index contributed by atoms with van der Waals surface area (Å²) in [6.45, 7) is 0.0975. The van der Waals surface area contributed by atoms with Crippen LogP contribution in [0.4, 0.5) is 0 Å². The maximum atomic E-state index is 11.9. The number of thiophene rings is 1. The van der Waals surface area contributed by atoms with Crippen LogP contribution in [0.25, 0.3) is 0 Å². The van der Waals surface area contributed by atoms with Crippen molar-refractivity contribution in [1.82, 2.24) is 5.32 Å². The molecule has 0 fully saturated rings. The Balaban J connectivity index is 2.05. The van der Waals surface area contributed by atoms with Gasteiger partial charge in [-0.1, -0.05) is 6.07 Å². The van der Waals surface area contributed by atoms with Gasteiger partial charge >= 0.3 is 0 Å². The molecule has 2 N–H and O–H groups in total. The van der Waals surface area contributed by atoms with Crippen molar-refractivity contribution in [2.24, 2.45) is 0 Å². The lowest BCUT2D eigenvalue weighted by molar-refractivity contribution is 0.0918. The van der Waals surface area contributed by atoms with Gasteiger partial charge in [0.2, 0.25) is 0 Å². The van der Waals surface area contributed by atoms with Crippen LogP contribution in [-0.2, 0) is 0 Å². The third-order valence-corrected chi connectivity index (χ3v) is 3.87. The van der Waals surface area contributed by atoms with Gasteiger partial charge in [0, 0.05) is 12.1 Å². The highest BCUT2D eigenvalue weighted by Crippen LogP contribution is 2.29. The number of benzene rings is 1. The number of aliphatic hydroxyl groups excluding tert-OH is 1. The first-order chi connectivity index (χ1) is 10.2. The van der Waals surface area contributed by atoms with Gasteiger partial charge in [-0.3, -0.25) is 4.79 Å². The number of methoxy groups -OCH3 is 2. The molecule has 6 heteroatoms. The Bertz CT molecular complexity index is 598. The first-order valence-electron chi connectivity index (χ1n) is 6.37. The molecular weight excluding hydrogens is 290 g/mol. The highest BCUT2D eigenvalue weighted by molar-refractivity contribution is 7.12. The molecule has 1 heterocycles. The first-order valence-corrected chi connectivity index (χ1v) is 7.25. The van der Waals surface area contributed by atoms with E-state index in [4.69, 9.17) is 9.47 Å². The number of amides is 1. The molecule has 1 aromatic heterocycles. The summed E-state index contributed by atoms with van der Waals surface area (Å²) in [6, 6.07) is 8.71. The molecule has 21 heavy (non-hydrogen) atoms. The molecule has 1 atom stereocenters. The number of rotatable bonds is 6. The smallest absolute Gasteiger partial charge is 0.261 e. The molecule has 0 spiro atoms. The summed E-state index contributed by atoms with van der Waals surface area (Å²) >= 11 is 1.35. The molecule has 0 saturated heterocycles. The summed E-state index contributed by atoms with van der Waals surface area (Å²) in [5.74, 6) is 0.967. The fraction of sp³-hybridized carbons (Fsp3) is 0.267. The fourth-order valence-electron chi connectivity index (χ4n) is 1.89. The highest BCUT2D eigenvalue weighted by Gasteiger charge is 2.16. The number of carbonyl (C=O) groups excluding carboxylic acids is 1. The average molecular weight is 307 g/mol. The van der Waals surface area contributed by atoms with Gasteiger partial charge in [-0.2, -0.15) is 0 Å². The van der Waals surface area contributed by atoms with Crippen molar-refractivity contribution >= 4 is 17.2 Å². The Kier molecular flexibility index (Phi) is 5.19. The minimum Gasteiger partial charge on any atom is -0.497 e. The van der Waals surface area contributed by atoms with E-state index in [-0.39, 0.29) is 12.5 Å². The summed E-state index contributed by atoms with van der Waals surface area (Å²) < 4.78 is 10.4. The molecule has 2 rings (SSSR count). The van der Waals surface area contributed by atoms with E-state index in [2.05, 4.69) is 5.32 Å². The summed E-state index contributed by atoms with van der Waals surface area (Å²) in [6.07, 6.45) is -0.876. The molecule has 0 radical (unpaired) electrons. The quantitative estimate of drug-likeness (QED) is 0.859. The van der Waals surface area contributed by atoms with Gasteiger partial charge < -0.3 is 19.9 Å². The van der Waals surface area contributed by atoms with Crippen LogP contribution in [0.2, 0.25) is 0 Å². The molecule has 0 aliphatic rings. The van der Waals surface area contributed by atoms with Gasteiger partial charge in [-0.25, -0.2) is 0 Å². The van der Waals surface area contributed by atoms with Crippen molar-refractivity contribution in [3.63, 3.8) is 0 Å². The Morgan fingerprint density at radius 2 is 2.14 bits per heavy atom. The Hall–Kier alpha value is -2.05. The van der Waals surface area contributed by atoms with E-state index < -0.39 is 6.10 Å². The van der Waals surface area contributed by atoms with Gasteiger partial charge in [-0.05, 0) is 29.6 Å². The van der Waals surface area contributed by atoms with Crippen LogP contribution in [0.15, 0.2) is 35.7 Å². The molecular formula is C15H17NO4S. The predicted octanol–water partition coefficient (Wildman–Crippen LogP) is 2.23. The van der Waals surface area contributed by atoms with Crippen molar-refractivity contribution < 1.29 is 19.4 Å². The van der Waals surface area contributed by atoms with Gasteiger partial charge in [-0.15, -0.1) is 11.3 Å². The molecule has 5 nitrogen and oxygen atoms in total. The minimum absolute atomic E-state index is 0.0975. The van der Waals surface area contributed by atoms with E-state index in [1.54, 1.807) is 37.4 Å². The zero-order chi connectivity index (χ0) is 15.2. The summed E-state index contributed by atoms with van der Waals surface area (Å²) in [5.41, 5.74) is 0.573. The van der Waals surface area contributed by atoms with Crippen molar-refractivity contribution in [2.75, 3.05) is 20.8 Å². The number of ether oxygens (including phenoxy) is 2. The van der Waals surface area contributed by atoms with Gasteiger partial charge in [0.1, 0.15) is 17.6 Å². The fourth-order valence-corrected chi connectivity index (χ4v) is 2.53. The second-order valence-corrected chi connectivity index (χ2v) is 5.26. The average Bonchev–Trinajstić information content (AvgIpc) is 3.06. The van der Waals surface area contributed by atoms with Crippen LogP contribution in [0, 0.1) is 0 Å². The third kappa shape index (κ3) is 3.74. The lowest BCUT2D eigenvalue weighted by atomic mass is 10.1. The van der Waals surface area contributed by atoms with Crippen LogP contribution in [0.3, 0.4) is 0 Å². The maximum absolute atomic E-state index is 11.9. The van der Waals surface area contributed by atoms with Crippen LogP contribution in [0.5, 0.6) is 11.5 Å². The standard InChI is InChI=1S/C15H17NO4S/c1-19-10-5-6-13(20-2)11(8-10)12(17)9-16-15(18)14-4-3-7-21-14/h3-8,12,17H,9H2,1-2H3,(H,16,18). The van der Waals surface area contributed by atoms with Crippen molar-refractivity contribution in [3.05, 3.63) is 46.2 Å². The summed E-state index contributed by atoms with van der Waals surface area (Å²) in [7, 11) is 3.08. The number of aliphatic hydroxyl groups is 1. The van der Waals surface area contributed by atoms with Crippen LogP contribution in [-0.4, -0.2) is 31.8 Å². The maximum Gasteiger partial charge on any atom is 0.261 e. The molecule has 0 aliphatic carbocycles. The molecule has 1 amide bonds. The van der Waals surface area contributed by atoms with Crippen molar-refractivity contribution in [1.29, 1.82) is 0 Å². The molecule has 0 aliphatic heterocycles. The lowest BCUT2D eigenvalue weighted by Gasteiger charge is -2.16. The minimum atomic E-state index is -0.876. The molecule has 1 aromatic carbocycles. The SMILES string of the molecule is COc1ccc(OC)c(C(O)CNC(=O)c2cccs2)c1. The van der Waals surface area contributed by atoms with Crippen LogP contribution in [0.1, 0.15) is 21.3 Å². The normalized spacial score (nSPS) is 11.8. The van der Waals surface area contributed by atoms with Crippen molar-refractivity contribution in [3.8, 4) is 11.5 Å². The third-order valence-electron chi connectivity index (χ3n) is 3.00. The topological polar surface area (TPSA) is 67.8 Å². The monoisotopic (exact) mass is 307 g/mol. The number of nitrogens with one attached hydrogen (secondary N) is 1.